The number of rotatable bonds is 11. The molecular weight excluding hydrogens is 277 g/mol. The Morgan fingerprint density at radius 2 is 1.45 bits per heavy atom. The van der Waals surface area contributed by atoms with Crippen LogP contribution in [0.25, 0.3) is 0 Å². The fourth-order valence-corrected chi connectivity index (χ4v) is 2.62. The van der Waals surface area contributed by atoms with E-state index in [1.807, 2.05) is 6.07 Å². The Morgan fingerprint density at radius 3 is 2.00 bits per heavy atom. The third kappa shape index (κ3) is 10.2. The van der Waals surface area contributed by atoms with Gasteiger partial charge in [0.05, 0.1) is 0 Å². The summed E-state index contributed by atoms with van der Waals surface area (Å²) in [5.74, 6) is 0. The van der Waals surface area contributed by atoms with Crippen molar-refractivity contribution in [2.24, 2.45) is 0 Å². The predicted molar refractivity (Wildman–Crippen MR) is 91.9 cm³/mol. The van der Waals surface area contributed by atoms with Crippen molar-refractivity contribution in [2.75, 3.05) is 0 Å². The summed E-state index contributed by atoms with van der Waals surface area (Å²) in [6.45, 7) is 2.27. The first-order valence-electron chi connectivity index (χ1n) is 7.94. The number of hydrogen-bond acceptors (Lipinski definition) is 1. The van der Waals surface area contributed by atoms with Crippen LogP contribution in [0, 0.1) is 0 Å². The van der Waals surface area contributed by atoms with E-state index in [0.29, 0.717) is 5.15 Å². The van der Waals surface area contributed by atoms with Gasteiger partial charge in [0.25, 0.3) is 0 Å². The Kier molecular flexibility index (Phi) is 14.7. The summed E-state index contributed by atoms with van der Waals surface area (Å²) < 4.78 is 0. The molecule has 0 N–H and O–H groups in total. The molecule has 0 saturated heterocycles. The van der Waals surface area contributed by atoms with E-state index in [9.17, 15) is 0 Å². The second-order valence-electron chi connectivity index (χ2n) is 5.39. The van der Waals surface area contributed by atoms with E-state index >= 15 is 0 Å². The van der Waals surface area contributed by atoms with Crippen molar-refractivity contribution in [3.05, 3.63) is 29.0 Å². The minimum absolute atomic E-state index is 0. The van der Waals surface area contributed by atoms with Crippen LogP contribution in [0.2, 0.25) is 5.15 Å². The second-order valence-corrected chi connectivity index (χ2v) is 5.74. The zero-order valence-corrected chi connectivity index (χ0v) is 13.1. The fraction of sp³-hybridized carbons (Fsp3) is 0.706. The molecule has 1 rings (SSSR count). The number of hydrogen-bond donors (Lipinski definition) is 0. The average molecular weight is 306 g/mol. The van der Waals surface area contributed by atoms with Crippen LogP contribution in [0.15, 0.2) is 18.3 Å². The summed E-state index contributed by atoms with van der Waals surface area (Å²) in [4.78, 5) is 4.11. The number of pyridine rings is 1. The quantitative estimate of drug-likeness (QED) is 0.297. The predicted octanol–water partition coefficient (Wildman–Crippen LogP) is 5.55. The average Bonchev–Trinajstić information content (AvgIpc) is 2.43. The number of nitrogens with zero attached hydrogens (tertiary/aromatic N) is 1. The molecule has 0 aliphatic carbocycles. The molecule has 0 aliphatic rings. The van der Waals surface area contributed by atoms with Gasteiger partial charge in [-0.2, -0.15) is 0 Å². The van der Waals surface area contributed by atoms with E-state index in [0.717, 1.165) is 6.42 Å². The van der Waals surface area contributed by atoms with E-state index in [1.165, 1.54) is 69.8 Å². The summed E-state index contributed by atoms with van der Waals surface area (Å²) in [5.41, 5.74) is 1.20. The summed E-state index contributed by atoms with van der Waals surface area (Å²) in [6.07, 6.45) is 16.6. The van der Waals surface area contributed by atoms with Gasteiger partial charge in [-0.3, -0.25) is 0 Å². The molecule has 0 spiro atoms. The summed E-state index contributed by atoms with van der Waals surface area (Å²) in [7, 11) is 0. The van der Waals surface area contributed by atoms with Crippen molar-refractivity contribution in [3.8, 4) is 0 Å². The van der Waals surface area contributed by atoms with Gasteiger partial charge in [-0.1, -0.05) is 82.4 Å². The van der Waals surface area contributed by atoms with Gasteiger partial charge >= 0.3 is 29.6 Å². The molecule has 1 aromatic rings. The third-order valence-corrected chi connectivity index (χ3v) is 3.98. The van der Waals surface area contributed by atoms with Crippen molar-refractivity contribution < 1.29 is 0 Å². The Hall–Kier alpha value is 0.440. The van der Waals surface area contributed by atoms with Crippen molar-refractivity contribution in [2.45, 2.75) is 77.6 Å². The Labute approximate surface area is 152 Å². The molecule has 0 unspecified atom stereocenters. The Balaban J connectivity index is 0.00000361. The summed E-state index contributed by atoms with van der Waals surface area (Å²) in [5, 5.41) is 0.679. The van der Waals surface area contributed by atoms with Gasteiger partial charge in [-0.05, 0) is 24.5 Å². The fourth-order valence-electron chi connectivity index (χ4n) is 2.41. The SMILES string of the molecule is CCCCCCCCCCCCc1cccnc1Cl.[NaH]. The zero-order chi connectivity index (χ0) is 13.8. The summed E-state index contributed by atoms with van der Waals surface area (Å²) in [6, 6.07) is 4.06. The van der Waals surface area contributed by atoms with Gasteiger partial charge in [-0.15, -0.1) is 0 Å². The van der Waals surface area contributed by atoms with Gasteiger partial charge in [0.15, 0.2) is 0 Å². The third-order valence-electron chi connectivity index (χ3n) is 3.64. The van der Waals surface area contributed by atoms with E-state index in [1.54, 1.807) is 6.20 Å². The van der Waals surface area contributed by atoms with Gasteiger partial charge in [0.1, 0.15) is 5.15 Å². The topological polar surface area (TPSA) is 12.9 Å². The molecular formula is C17H29ClNNa. The molecule has 0 atom stereocenters. The van der Waals surface area contributed by atoms with Gasteiger partial charge in [0, 0.05) is 6.20 Å². The maximum absolute atomic E-state index is 6.04. The molecule has 0 fully saturated rings. The van der Waals surface area contributed by atoms with Crippen molar-refractivity contribution in [1.29, 1.82) is 0 Å². The van der Waals surface area contributed by atoms with E-state index in [4.69, 9.17) is 11.6 Å². The first-order valence-corrected chi connectivity index (χ1v) is 8.31. The van der Waals surface area contributed by atoms with Gasteiger partial charge in [-0.25, -0.2) is 4.98 Å². The molecule has 110 valence electrons. The molecule has 0 amide bonds. The maximum atomic E-state index is 6.04. The van der Waals surface area contributed by atoms with Crippen molar-refractivity contribution in [3.63, 3.8) is 0 Å². The van der Waals surface area contributed by atoms with Crippen LogP contribution in [0.1, 0.15) is 76.7 Å². The van der Waals surface area contributed by atoms with Crippen LogP contribution in [0.4, 0.5) is 0 Å². The van der Waals surface area contributed by atoms with Crippen LogP contribution in [0.5, 0.6) is 0 Å². The van der Waals surface area contributed by atoms with E-state index in [2.05, 4.69) is 18.0 Å². The Morgan fingerprint density at radius 1 is 0.900 bits per heavy atom. The molecule has 20 heavy (non-hydrogen) atoms. The molecule has 0 saturated carbocycles. The molecule has 0 bridgehead atoms. The molecule has 0 aromatic carbocycles. The van der Waals surface area contributed by atoms with Crippen LogP contribution < -0.4 is 0 Å². The van der Waals surface area contributed by atoms with Gasteiger partial charge < -0.3 is 0 Å². The normalized spacial score (nSPS) is 10.3. The van der Waals surface area contributed by atoms with Crippen LogP contribution in [0.3, 0.4) is 0 Å². The molecule has 1 nitrogen and oxygen atoms in total. The van der Waals surface area contributed by atoms with Crippen molar-refractivity contribution in [1.82, 2.24) is 4.98 Å². The number of aromatic nitrogens is 1. The minimum atomic E-state index is 0. The second kappa shape index (κ2) is 14.4. The first kappa shape index (κ1) is 20.4. The first-order chi connectivity index (χ1) is 9.34. The molecule has 0 aliphatic heterocycles. The zero-order valence-electron chi connectivity index (χ0n) is 12.3. The van der Waals surface area contributed by atoms with Crippen LogP contribution in [-0.2, 0) is 6.42 Å². The number of aryl methyl sites for hydroxylation is 1. The van der Waals surface area contributed by atoms with E-state index in [-0.39, 0.29) is 29.6 Å². The van der Waals surface area contributed by atoms with Crippen molar-refractivity contribution >= 4 is 41.2 Å². The van der Waals surface area contributed by atoms with Crippen LogP contribution in [-0.4, -0.2) is 34.5 Å². The molecule has 1 heterocycles. The summed E-state index contributed by atoms with van der Waals surface area (Å²) >= 11 is 6.04. The van der Waals surface area contributed by atoms with Gasteiger partial charge in [0.2, 0.25) is 0 Å². The van der Waals surface area contributed by atoms with E-state index < -0.39 is 0 Å². The number of halogens is 1. The Bertz CT molecular complexity index is 331. The molecule has 0 radical (unpaired) electrons. The molecule has 1 aromatic heterocycles. The molecule has 3 heteroatoms. The van der Waals surface area contributed by atoms with Crippen LogP contribution >= 0.6 is 11.6 Å². The monoisotopic (exact) mass is 305 g/mol. The number of unbranched alkanes of at least 4 members (excludes halogenated alkanes) is 9. The standard InChI is InChI=1S/C17H28ClN.Na.H/c1-2-3-4-5-6-7-8-9-10-11-13-16-14-12-15-19-17(16)18;;/h12,14-15H,2-11,13H2,1H3;;.